The molecule has 0 aliphatic rings. The van der Waals surface area contributed by atoms with E-state index in [1.807, 2.05) is 6.07 Å². The van der Waals surface area contributed by atoms with E-state index in [0.29, 0.717) is 4.68 Å². The maximum atomic E-state index is 12.9. The molecule has 0 saturated carbocycles. The standard InChI is InChI=1S/C13H8BrF3N4O/c1-21-11(13(15,16)17)9(14)10(20-21)12(22)19-8-5-3-2-4-7(8)6-18/h2-5H,1H3,(H,19,22). The summed E-state index contributed by atoms with van der Waals surface area (Å²) in [5.41, 5.74) is -1.09. The number of nitrogens with one attached hydrogen (secondary N) is 1. The summed E-state index contributed by atoms with van der Waals surface area (Å²) in [6.45, 7) is 0. The predicted octanol–water partition coefficient (Wildman–Crippen LogP) is 3.33. The summed E-state index contributed by atoms with van der Waals surface area (Å²) in [5.74, 6) is -0.847. The molecule has 22 heavy (non-hydrogen) atoms. The highest BCUT2D eigenvalue weighted by Crippen LogP contribution is 2.36. The zero-order valence-corrected chi connectivity index (χ0v) is 12.7. The number of carbonyl (C=O) groups is 1. The average Bonchev–Trinajstić information content (AvgIpc) is 2.74. The van der Waals surface area contributed by atoms with E-state index in [2.05, 4.69) is 26.3 Å². The van der Waals surface area contributed by atoms with Gasteiger partial charge in [0.2, 0.25) is 0 Å². The lowest BCUT2D eigenvalue weighted by Crippen LogP contribution is -2.14. The van der Waals surface area contributed by atoms with Gasteiger partial charge in [-0.3, -0.25) is 9.48 Å². The van der Waals surface area contributed by atoms with Crippen molar-refractivity contribution in [3.8, 4) is 6.07 Å². The quantitative estimate of drug-likeness (QED) is 0.878. The van der Waals surface area contributed by atoms with Crippen molar-refractivity contribution < 1.29 is 18.0 Å². The van der Waals surface area contributed by atoms with Gasteiger partial charge in [0, 0.05) is 7.05 Å². The van der Waals surface area contributed by atoms with E-state index < -0.39 is 27.9 Å². The van der Waals surface area contributed by atoms with Crippen molar-refractivity contribution >= 4 is 27.5 Å². The first kappa shape index (κ1) is 16.0. The Hall–Kier alpha value is -2.34. The van der Waals surface area contributed by atoms with Crippen LogP contribution in [0.2, 0.25) is 0 Å². The molecule has 9 heteroatoms. The van der Waals surface area contributed by atoms with E-state index in [1.165, 1.54) is 12.1 Å². The minimum Gasteiger partial charge on any atom is -0.319 e. The lowest BCUT2D eigenvalue weighted by molar-refractivity contribution is -0.144. The lowest BCUT2D eigenvalue weighted by atomic mass is 10.2. The number of alkyl halides is 3. The molecule has 1 aromatic carbocycles. The zero-order chi connectivity index (χ0) is 16.5. The van der Waals surface area contributed by atoms with Crippen LogP contribution < -0.4 is 5.32 Å². The first-order valence-corrected chi connectivity index (χ1v) is 6.65. The van der Waals surface area contributed by atoms with Crippen LogP contribution in [0.15, 0.2) is 28.7 Å². The molecule has 1 heterocycles. The van der Waals surface area contributed by atoms with Crippen molar-refractivity contribution in [3.05, 3.63) is 45.7 Å². The number of aromatic nitrogens is 2. The summed E-state index contributed by atoms with van der Waals surface area (Å²) in [6.07, 6.45) is -4.65. The number of halogens is 4. The van der Waals surface area contributed by atoms with Crippen LogP contribution in [0.4, 0.5) is 18.9 Å². The van der Waals surface area contributed by atoms with E-state index in [-0.39, 0.29) is 11.3 Å². The van der Waals surface area contributed by atoms with Crippen LogP contribution in [0.5, 0.6) is 0 Å². The monoisotopic (exact) mass is 372 g/mol. The molecule has 0 aliphatic heterocycles. The molecule has 0 saturated heterocycles. The average molecular weight is 373 g/mol. The summed E-state index contributed by atoms with van der Waals surface area (Å²) in [4.78, 5) is 12.1. The highest BCUT2D eigenvalue weighted by atomic mass is 79.9. The Kier molecular flexibility index (Phi) is 4.23. The number of amides is 1. The Morgan fingerprint density at radius 3 is 2.59 bits per heavy atom. The minimum absolute atomic E-state index is 0.193. The fraction of sp³-hybridized carbons (Fsp3) is 0.154. The number of hydrogen-bond acceptors (Lipinski definition) is 3. The van der Waals surface area contributed by atoms with Crippen molar-refractivity contribution in [1.82, 2.24) is 9.78 Å². The molecule has 5 nitrogen and oxygen atoms in total. The number of carbonyl (C=O) groups excluding carboxylic acids is 1. The third kappa shape index (κ3) is 2.96. The van der Waals surface area contributed by atoms with Crippen LogP contribution in [0.1, 0.15) is 21.7 Å². The number of hydrogen-bond donors (Lipinski definition) is 1. The second kappa shape index (κ2) is 5.81. The van der Waals surface area contributed by atoms with E-state index >= 15 is 0 Å². The molecule has 0 atom stereocenters. The predicted molar refractivity (Wildman–Crippen MR) is 75.0 cm³/mol. The van der Waals surface area contributed by atoms with Gasteiger partial charge in [0.25, 0.3) is 5.91 Å². The maximum Gasteiger partial charge on any atom is 0.434 e. The van der Waals surface area contributed by atoms with Gasteiger partial charge in [-0.25, -0.2) is 0 Å². The van der Waals surface area contributed by atoms with Crippen LogP contribution in [0.25, 0.3) is 0 Å². The second-order valence-corrected chi connectivity index (χ2v) is 5.04. The van der Waals surface area contributed by atoms with Crippen LogP contribution in [-0.4, -0.2) is 15.7 Å². The molecule has 2 aromatic rings. The van der Waals surface area contributed by atoms with E-state index in [1.54, 1.807) is 12.1 Å². The van der Waals surface area contributed by atoms with Gasteiger partial charge in [-0.2, -0.15) is 23.5 Å². The molecule has 0 aliphatic carbocycles. The van der Waals surface area contributed by atoms with Gasteiger partial charge in [-0.1, -0.05) is 12.1 Å². The van der Waals surface area contributed by atoms with Gasteiger partial charge < -0.3 is 5.32 Å². The van der Waals surface area contributed by atoms with Crippen molar-refractivity contribution in [2.24, 2.45) is 7.05 Å². The van der Waals surface area contributed by atoms with Gasteiger partial charge >= 0.3 is 6.18 Å². The molecule has 0 spiro atoms. The fourth-order valence-electron chi connectivity index (χ4n) is 1.82. The molecule has 1 N–H and O–H groups in total. The number of nitriles is 1. The van der Waals surface area contributed by atoms with Crippen LogP contribution in [0.3, 0.4) is 0 Å². The summed E-state index contributed by atoms with van der Waals surface area (Å²) in [6, 6.07) is 8.01. The summed E-state index contributed by atoms with van der Waals surface area (Å²) < 4.78 is 38.7. The zero-order valence-electron chi connectivity index (χ0n) is 11.1. The van der Waals surface area contributed by atoms with Gasteiger partial charge in [-0.15, -0.1) is 0 Å². The molecule has 2 rings (SSSR count). The largest absolute Gasteiger partial charge is 0.434 e. The van der Waals surface area contributed by atoms with Crippen LogP contribution >= 0.6 is 15.9 Å². The summed E-state index contributed by atoms with van der Waals surface area (Å²) in [7, 11) is 1.09. The van der Waals surface area contributed by atoms with Gasteiger partial charge in [0.05, 0.1) is 15.7 Å². The van der Waals surface area contributed by atoms with Gasteiger partial charge in [-0.05, 0) is 28.1 Å². The Morgan fingerprint density at radius 1 is 1.41 bits per heavy atom. The highest BCUT2D eigenvalue weighted by molar-refractivity contribution is 9.10. The van der Waals surface area contributed by atoms with E-state index in [4.69, 9.17) is 5.26 Å². The highest BCUT2D eigenvalue weighted by Gasteiger charge is 2.39. The molecule has 0 bridgehead atoms. The Balaban J connectivity index is 2.38. The maximum absolute atomic E-state index is 12.9. The molecule has 0 fully saturated rings. The Morgan fingerprint density at radius 2 is 2.05 bits per heavy atom. The third-order valence-corrected chi connectivity index (χ3v) is 3.52. The molecular weight excluding hydrogens is 365 g/mol. The molecule has 1 amide bonds. The number of rotatable bonds is 2. The fourth-order valence-corrected chi connectivity index (χ4v) is 2.56. The molecule has 1 aromatic heterocycles. The molecule has 0 radical (unpaired) electrons. The SMILES string of the molecule is Cn1nc(C(=O)Nc2ccccc2C#N)c(Br)c1C(F)(F)F. The number of nitrogens with zero attached hydrogens (tertiary/aromatic N) is 3. The van der Waals surface area contributed by atoms with Crippen molar-refractivity contribution in [3.63, 3.8) is 0 Å². The second-order valence-electron chi connectivity index (χ2n) is 4.24. The number of para-hydroxylation sites is 1. The Bertz CT molecular complexity index is 777. The molecular formula is C13H8BrF3N4O. The normalized spacial score (nSPS) is 11.1. The summed E-state index contributed by atoms with van der Waals surface area (Å²) >= 11 is 2.76. The number of benzene rings is 1. The number of anilines is 1. The summed E-state index contributed by atoms with van der Waals surface area (Å²) in [5, 5.41) is 14.9. The van der Waals surface area contributed by atoms with Crippen molar-refractivity contribution in [2.45, 2.75) is 6.18 Å². The lowest BCUT2D eigenvalue weighted by Gasteiger charge is -2.06. The van der Waals surface area contributed by atoms with Crippen molar-refractivity contribution in [2.75, 3.05) is 5.32 Å². The Labute approximate surface area is 131 Å². The van der Waals surface area contributed by atoms with Crippen molar-refractivity contribution in [1.29, 1.82) is 5.26 Å². The third-order valence-electron chi connectivity index (χ3n) is 2.77. The molecule has 0 unspecified atom stereocenters. The van der Waals surface area contributed by atoms with Crippen LogP contribution in [-0.2, 0) is 13.2 Å². The number of aryl methyl sites for hydroxylation is 1. The minimum atomic E-state index is -4.65. The first-order chi connectivity index (χ1) is 10.3. The molecule has 114 valence electrons. The van der Waals surface area contributed by atoms with E-state index in [0.717, 1.165) is 7.05 Å². The van der Waals surface area contributed by atoms with Gasteiger partial charge in [0.15, 0.2) is 11.4 Å². The smallest absolute Gasteiger partial charge is 0.319 e. The topological polar surface area (TPSA) is 70.7 Å². The van der Waals surface area contributed by atoms with Gasteiger partial charge in [0.1, 0.15) is 6.07 Å². The first-order valence-electron chi connectivity index (χ1n) is 5.86. The van der Waals surface area contributed by atoms with Crippen LogP contribution in [0, 0.1) is 11.3 Å². The van der Waals surface area contributed by atoms with E-state index in [9.17, 15) is 18.0 Å².